The highest BCUT2D eigenvalue weighted by molar-refractivity contribution is 7.90. The average molecular weight is 462 g/mol. The summed E-state index contributed by atoms with van der Waals surface area (Å²) in [4.78, 5) is 32.6. The standard InChI is InChI=1S/C16H15ClF3N7O2S/c1-7-11-13(26-15(17)24-7)27(8(2)16(18,19)20)14(28)12(25-11)23-5-9-4-22-10(6-21-9)30(3)29/h4,6,8H,5H2,1-3H3,(H,23,25). The number of nitrogens with one attached hydrogen (secondary N) is 1. The van der Waals surface area contributed by atoms with Crippen LogP contribution in [0.15, 0.2) is 22.2 Å². The normalized spacial score (nSPS) is 14.0. The zero-order chi connectivity index (χ0) is 22.2. The maximum absolute atomic E-state index is 13.4. The monoisotopic (exact) mass is 461 g/mol. The Balaban J connectivity index is 2.06. The molecular formula is C16H15ClF3N7O2S. The minimum absolute atomic E-state index is 0.000381. The van der Waals surface area contributed by atoms with Crippen LogP contribution in [0.25, 0.3) is 11.2 Å². The zero-order valence-corrected chi connectivity index (χ0v) is 17.4. The molecular weight excluding hydrogens is 447 g/mol. The van der Waals surface area contributed by atoms with Crippen LogP contribution >= 0.6 is 11.6 Å². The SMILES string of the molecule is Cc1nc(Cl)nc2c1nc(NCc1cnc([S+](C)[O-])cn1)c(=O)n2C(C)C(F)(F)F. The summed E-state index contributed by atoms with van der Waals surface area (Å²) in [5, 5.41) is 2.65. The maximum Gasteiger partial charge on any atom is 0.409 e. The Morgan fingerprint density at radius 2 is 1.97 bits per heavy atom. The third-order valence-corrected chi connectivity index (χ3v) is 5.13. The third-order valence-electron chi connectivity index (χ3n) is 4.16. The Kier molecular flexibility index (Phi) is 6.15. The molecule has 0 bridgehead atoms. The average Bonchev–Trinajstić information content (AvgIpc) is 2.66. The first kappa shape index (κ1) is 22.2. The maximum atomic E-state index is 13.4. The van der Waals surface area contributed by atoms with Gasteiger partial charge in [-0.05, 0) is 25.4 Å². The first-order valence-electron chi connectivity index (χ1n) is 8.40. The molecule has 3 rings (SSSR count). The second-order valence-electron chi connectivity index (χ2n) is 6.26. The van der Waals surface area contributed by atoms with Crippen LogP contribution in [0.3, 0.4) is 0 Å². The van der Waals surface area contributed by atoms with Gasteiger partial charge in [0.25, 0.3) is 10.6 Å². The van der Waals surface area contributed by atoms with E-state index in [4.69, 9.17) is 11.6 Å². The lowest BCUT2D eigenvalue weighted by atomic mass is 10.3. The molecule has 30 heavy (non-hydrogen) atoms. The Labute approximate surface area is 175 Å². The highest BCUT2D eigenvalue weighted by Crippen LogP contribution is 2.31. The summed E-state index contributed by atoms with van der Waals surface area (Å²) in [6.45, 7) is 2.28. The number of alkyl halides is 3. The second kappa shape index (κ2) is 8.32. The molecule has 2 atom stereocenters. The molecule has 9 nitrogen and oxygen atoms in total. The quantitative estimate of drug-likeness (QED) is 0.454. The fourth-order valence-electron chi connectivity index (χ4n) is 2.57. The van der Waals surface area contributed by atoms with Gasteiger partial charge in [-0.25, -0.2) is 15.0 Å². The molecule has 14 heteroatoms. The molecule has 1 N–H and O–H groups in total. The highest BCUT2D eigenvalue weighted by Gasteiger charge is 2.39. The van der Waals surface area contributed by atoms with Crippen molar-refractivity contribution in [2.45, 2.75) is 37.6 Å². The van der Waals surface area contributed by atoms with E-state index >= 15 is 0 Å². The van der Waals surface area contributed by atoms with E-state index in [1.54, 1.807) is 0 Å². The van der Waals surface area contributed by atoms with E-state index < -0.39 is 29.0 Å². The molecule has 0 radical (unpaired) electrons. The topological polar surface area (TPSA) is 122 Å². The number of halogens is 4. The Morgan fingerprint density at radius 3 is 2.53 bits per heavy atom. The molecule has 0 saturated carbocycles. The number of aromatic nitrogens is 6. The molecule has 160 valence electrons. The van der Waals surface area contributed by atoms with Crippen molar-refractivity contribution in [2.24, 2.45) is 0 Å². The fraction of sp³-hybridized carbons (Fsp3) is 0.375. The van der Waals surface area contributed by atoms with E-state index in [9.17, 15) is 22.5 Å². The van der Waals surface area contributed by atoms with Crippen molar-refractivity contribution in [1.82, 2.24) is 29.5 Å². The molecule has 0 saturated heterocycles. The predicted octanol–water partition coefficient (Wildman–Crippen LogP) is 2.41. The van der Waals surface area contributed by atoms with Crippen LogP contribution in [-0.4, -0.2) is 46.5 Å². The van der Waals surface area contributed by atoms with E-state index in [0.29, 0.717) is 10.3 Å². The van der Waals surface area contributed by atoms with Crippen LogP contribution < -0.4 is 10.9 Å². The molecule has 3 aromatic heterocycles. The van der Waals surface area contributed by atoms with Crippen LogP contribution in [0.2, 0.25) is 5.28 Å². The van der Waals surface area contributed by atoms with Crippen LogP contribution in [0, 0.1) is 6.92 Å². The van der Waals surface area contributed by atoms with Crippen molar-refractivity contribution < 1.29 is 17.7 Å². The number of aryl methyl sites for hydroxylation is 1. The number of rotatable bonds is 5. The van der Waals surface area contributed by atoms with Gasteiger partial charge in [-0.1, -0.05) is 0 Å². The van der Waals surface area contributed by atoms with Gasteiger partial charge >= 0.3 is 6.18 Å². The Bertz CT molecular complexity index is 1140. The second-order valence-corrected chi connectivity index (χ2v) is 7.92. The summed E-state index contributed by atoms with van der Waals surface area (Å²) in [5.74, 6) is -0.336. The zero-order valence-electron chi connectivity index (χ0n) is 15.9. The van der Waals surface area contributed by atoms with Gasteiger partial charge in [0.1, 0.15) is 24.0 Å². The molecule has 3 heterocycles. The van der Waals surface area contributed by atoms with Crippen LogP contribution in [0.5, 0.6) is 0 Å². The number of fused-ring (bicyclic) bond motifs is 1. The number of hydrogen-bond acceptors (Lipinski definition) is 8. The van der Waals surface area contributed by atoms with Gasteiger partial charge in [0.2, 0.25) is 5.28 Å². The van der Waals surface area contributed by atoms with E-state index in [0.717, 1.165) is 6.92 Å². The minimum Gasteiger partial charge on any atom is -0.610 e. The van der Waals surface area contributed by atoms with E-state index in [1.807, 2.05) is 0 Å². The summed E-state index contributed by atoms with van der Waals surface area (Å²) >= 11 is 4.47. The molecule has 0 fully saturated rings. The van der Waals surface area contributed by atoms with Gasteiger partial charge in [0.15, 0.2) is 11.5 Å². The van der Waals surface area contributed by atoms with Gasteiger partial charge in [-0.3, -0.25) is 14.3 Å². The molecule has 0 aromatic carbocycles. The van der Waals surface area contributed by atoms with E-state index in [-0.39, 0.29) is 39.5 Å². The largest absolute Gasteiger partial charge is 0.610 e. The van der Waals surface area contributed by atoms with Crippen molar-refractivity contribution in [2.75, 3.05) is 11.6 Å². The molecule has 0 aliphatic rings. The van der Waals surface area contributed by atoms with Crippen LogP contribution in [0.4, 0.5) is 19.0 Å². The Hall–Kier alpha value is -2.51. The summed E-state index contributed by atoms with van der Waals surface area (Å²) in [6.07, 6.45) is -0.611. The van der Waals surface area contributed by atoms with E-state index in [2.05, 4.69) is 30.2 Å². The number of hydrogen-bond donors (Lipinski definition) is 1. The van der Waals surface area contributed by atoms with Crippen LogP contribution in [-0.2, 0) is 17.7 Å². The lowest BCUT2D eigenvalue weighted by molar-refractivity contribution is -0.162. The molecule has 3 aromatic rings. The number of nitrogens with zero attached hydrogens (tertiary/aromatic N) is 6. The highest BCUT2D eigenvalue weighted by atomic mass is 35.5. The molecule has 0 spiro atoms. The summed E-state index contributed by atoms with van der Waals surface area (Å²) in [5.41, 5.74) is -0.765. The first-order valence-corrected chi connectivity index (χ1v) is 10.3. The van der Waals surface area contributed by atoms with Crippen molar-refractivity contribution in [3.8, 4) is 0 Å². The van der Waals surface area contributed by atoms with Gasteiger partial charge in [0.05, 0.1) is 24.1 Å². The van der Waals surface area contributed by atoms with Gasteiger partial charge < -0.3 is 9.87 Å². The van der Waals surface area contributed by atoms with Gasteiger partial charge in [0, 0.05) is 11.2 Å². The summed E-state index contributed by atoms with van der Waals surface area (Å²) in [6, 6.07) is -2.18. The molecule has 2 unspecified atom stereocenters. The summed E-state index contributed by atoms with van der Waals surface area (Å²) in [7, 11) is 0. The lowest BCUT2D eigenvalue weighted by Crippen LogP contribution is -2.35. The van der Waals surface area contributed by atoms with Gasteiger partial charge in [-0.15, -0.1) is 0 Å². The Morgan fingerprint density at radius 1 is 1.27 bits per heavy atom. The smallest absolute Gasteiger partial charge is 0.409 e. The van der Waals surface area contributed by atoms with Crippen molar-refractivity contribution in [1.29, 1.82) is 0 Å². The fourth-order valence-corrected chi connectivity index (χ4v) is 3.17. The van der Waals surface area contributed by atoms with Crippen LogP contribution in [0.1, 0.15) is 24.4 Å². The van der Waals surface area contributed by atoms with Crippen molar-refractivity contribution in [3.63, 3.8) is 0 Å². The molecule has 0 amide bonds. The van der Waals surface area contributed by atoms with E-state index in [1.165, 1.54) is 25.6 Å². The minimum atomic E-state index is -4.71. The first-order chi connectivity index (χ1) is 14.0. The lowest BCUT2D eigenvalue weighted by Gasteiger charge is -2.21. The van der Waals surface area contributed by atoms with Gasteiger partial charge in [-0.2, -0.15) is 18.2 Å². The molecule has 0 aliphatic heterocycles. The number of anilines is 1. The van der Waals surface area contributed by atoms with Crippen molar-refractivity contribution in [3.05, 3.63) is 39.4 Å². The third kappa shape index (κ3) is 4.47. The molecule has 0 aliphatic carbocycles. The predicted molar refractivity (Wildman–Crippen MR) is 104 cm³/mol. The van der Waals surface area contributed by atoms with Crippen molar-refractivity contribution >= 4 is 39.8 Å². The summed E-state index contributed by atoms with van der Waals surface area (Å²) < 4.78 is 52.1.